The minimum atomic E-state index is 0.702. The molecule has 1 aromatic carbocycles. The van der Waals surface area contributed by atoms with Gasteiger partial charge in [-0.25, -0.2) is 0 Å². The Labute approximate surface area is 90.6 Å². The van der Waals surface area contributed by atoms with Crippen molar-refractivity contribution in [3.63, 3.8) is 0 Å². The van der Waals surface area contributed by atoms with E-state index in [1.807, 2.05) is 6.07 Å². The zero-order valence-electron chi connectivity index (χ0n) is 8.89. The van der Waals surface area contributed by atoms with Gasteiger partial charge in [-0.2, -0.15) is 0 Å². The zero-order valence-corrected chi connectivity index (χ0v) is 8.89. The predicted molar refractivity (Wildman–Crippen MR) is 63.1 cm³/mol. The monoisotopic (exact) mass is 203 g/mol. The molecule has 3 nitrogen and oxygen atoms in total. The highest BCUT2D eigenvalue weighted by molar-refractivity contribution is 5.85. The Morgan fingerprint density at radius 2 is 2.07 bits per heavy atom. The first-order valence-corrected chi connectivity index (χ1v) is 5.42. The van der Waals surface area contributed by atoms with E-state index in [9.17, 15) is 0 Å². The molecule has 1 aliphatic heterocycles. The maximum atomic E-state index is 5.57. The highest BCUT2D eigenvalue weighted by atomic mass is 15.2. The van der Waals surface area contributed by atoms with Crippen LogP contribution in [-0.4, -0.2) is 36.9 Å². The summed E-state index contributed by atoms with van der Waals surface area (Å²) in [5, 5.41) is 0. The highest BCUT2D eigenvalue weighted by Gasteiger charge is 2.15. The van der Waals surface area contributed by atoms with Gasteiger partial charge in [0.25, 0.3) is 0 Å². The number of hydrogen-bond donors (Lipinski definition) is 1. The molecule has 0 spiro atoms. The molecule has 1 aliphatic rings. The van der Waals surface area contributed by atoms with Crippen LogP contribution in [0.2, 0.25) is 0 Å². The summed E-state index contributed by atoms with van der Waals surface area (Å²) in [4.78, 5) is 6.80. The quantitative estimate of drug-likeness (QED) is 0.790. The van der Waals surface area contributed by atoms with Gasteiger partial charge in [0.15, 0.2) is 0 Å². The molecule has 1 aromatic rings. The molecular weight excluding hydrogens is 186 g/mol. The van der Waals surface area contributed by atoms with E-state index in [0.29, 0.717) is 6.54 Å². The third kappa shape index (κ3) is 2.57. The van der Waals surface area contributed by atoms with E-state index in [0.717, 1.165) is 26.1 Å². The Balaban J connectivity index is 2.00. The lowest BCUT2D eigenvalue weighted by atomic mass is 10.1. The molecule has 0 aliphatic carbocycles. The Morgan fingerprint density at radius 1 is 1.27 bits per heavy atom. The van der Waals surface area contributed by atoms with Crippen LogP contribution < -0.4 is 5.73 Å². The van der Waals surface area contributed by atoms with Crippen molar-refractivity contribution in [3.8, 4) is 0 Å². The van der Waals surface area contributed by atoms with E-state index in [-0.39, 0.29) is 0 Å². The highest BCUT2D eigenvalue weighted by Crippen LogP contribution is 2.08. The Bertz CT molecular complexity index is 332. The van der Waals surface area contributed by atoms with E-state index in [2.05, 4.69) is 34.2 Å². The minimum absolute atomic E-state index is 0.702. The van der Waals surface area contributed by atoms with E-state index in [1.54, 1.807) is 0 Å². The lowest BCUT2D eigenvalue weighted by Gasteiger charge is -2.19. The maximum absolute atomic E-state index is 5.57. The Hall–Kier alpha value is -1.35. The fourth-order valence-electron chi connectivity index (χ4n) is 1.87. The lowest BCUT2D eigenvalue weighted by Crippen LogP contribution is -2.33. The minimum Gasteiger partial charge on any atom is -0.357 e. The molecule has 0 atom stereocenters. The van der Waals surface area contributed by atoms with Gasteiger partial charge in [0.05, 0.1) is 6.54 Å². The van der Waals surface area contributed by atoms with Gasteiger partial charge in [-0.15, -0.1) is 0 Å². The van der Waals surface area contributed by atoms with Crippen molar-refractivity contribution in [1.29, 1.82) is 0 Å². The molecule has 0 radical (unpaired) electrons. The SMILES string of the molecule is NCCN1CCN=C1Cc1ccccc1. The third-order valence-corrected chi connectivity index (χ3v) is 2.63. The third-order valence-electron chi connectivity index (χ3n) is 2.63. The van der Waals surface area contributed by atoms with Crippen molar-refractivity contribution < 1.29 is 0 Å². The van der Waals surface area contributed by atoms with Crippen LogP contribution in [-0.2, 0) is 6.42 Å². The molecule has 0 aromatic heterocycles. The zero-order chi connectivity index (χ0) is 10.5. The normalized spacial score (nSPS) is 15.5. The largest absolute Gasteiger partial charge is 0.357 e. The molecule has 0 amide bonds. The van der Waals surface area contributed by atoms with Gasteiger partial charge in [-0.3, -0.25) is 4.99 Å². The molecule has 2 rings (SSSR count). The van der Waals surface area contributed by atoms with Gasteiger partial charge in [-0.1, -0.05) is 30.3 Å². The van der Waals surface area contributed by atoms with Crippen LogP contribution in [0.25, 0.3) is 0 Å². The summed E-state index contributed by atoms with van der Waals surface area (Å²) in [5.41, 5.74) is 6.89. The van der Waals surface area contributed by atoms with E-state index in [1.165, 1.54) is 11.4 Å². The van der Waals surface area contributed by atoms with E-state index < -0.39 is 0 Å². The van der Waals surface area contributed by atoms with Crippen molar-refractivity contribution >= 4 is 5.84 Å². The molecular formula is C12H17N3. The Kier molecular flexibility index (Phi) is 3.35. The van der Waals surface area contributed by atoms with Crippen LogP contribution in [0.5, 0.6) is 0 Å². The van der Waals surface area contributed by atoms with Crippen LogP contribution in [0.1, 0.15) is 5.56 Å². The summed E-state index contributed by atoms with van der Waals surface area (Å²) in [6.07, 6.45) is 0.931. The number of amidine groups is 1. The first kappa shape index (κ1) is 10.2. The van der Waals surface area contributed by atoms with Crippen LogP contribution in [0, 0.1) is 0 Å². The van der Waals surface area contributed by atoms with Gasteiger partial charge in [0.1, 0.15) is 5.84 Å². The number of nitrogens with two attached hydrogens (primary N) is 1. The number of benzene rings is 1. The molecule has 0 unspecified atom stereocenters. The van der Waals surface area contributed by atoms with Crippen LogP contribution in [0.15, 0.2) is 35.3 Å². The van der Waals surface area contributed by atoms with Gasteiger partial charge in [0, 0.05) is 26.1 Å². The fourth-order valence-corrected chi connectivity index (χ4v) is 1.87. The molecule has 80 valence electrons. The second kappa shape index (κ2) is 4.94. The van der Waals surface area contributed by atoms with Crippen LogP contribution in [0.4, 0.5) is 0 Å². The summed E-state index contributed by atoms with van der Waals surface area (Å²) < 4.78 is 0. The first-order chi connectivity index (χ1) is 7.40. The standard InChI is InChI=1S/C12H17N3/c13-6-8-15-9-7-14-12(15)10-11-4-2-1-3-5-11/h1-5H,6-10,13H2. The number of nitrogens with zero attached hydrogens (tertiary/aromatic N) is 2. The summed E-state index contributed by atoms with van der Waals surface area (Å²) in [6.45, 7) is 3.57. The number of rotatable bonds is 4. The van der Waals surface area contributed by atoms with Gasteiger partial charge in [0.2, 0.25) is 0 Å². The summed E-state index contributed by atoms with van der Waals surface area (Å²) >= 11 is 0. The number of hydrogen-bond acceptors (Lipinski definition) is 3. The molecule has 0 saturated carbocycles. The first-order valence-electron chi connectivity index (χ1n) is 5.42. The van der Waals surface area contributed by atoms with Crippen molar-refractivity contribution in [2.24, 2.45) is 10.7 Å². The molecule has 0 bridgehead atoms. The molecule has 0 saturated heterocycles. The number of aliphatic imine (C=N–C) groups is 1. The second-order valence-corrected chi connectivity index (χ2v) is 3.74. The van der Waals surface area contributed by atoms with Crippen molar-refractivity contribution in [2.75, 3.05) is 26.2 Å². The summed E-state index contributed by atoms with van der Waals surface area (Å²) in [6, 6.07) is 10.5. The van der Waals surface area contributed by atoms with Gasteiger partial charge >= 0.3 is 0 Å². The molecule has 1 heterocycles. The van der Waals surface area contributed by atoms with Crippen LogP contribution in [0.3, 0.4) is 0 Å². The van der Waals surface area contributed by atoms with Crippen LogP contribution >= 0.6 is 0 Å². The van der Waals surface area contributed by atoms with Gasteiger partial charge < -0.3 is 10.6 Å². The maximum Gasteiger partial charge on any atom is 0.103 e. The molecule has 3 heteroatoms. The summed E-state index contributed by atoms with van der Waals surface area (Å²) in [7, 11) is 0. The predicted octanol–water partition coefficient (Wildman–Crippen LogP) is 0.902. The van der Waals surface area contributed by atoms with Gasteiger partial charge in [-0.05, 0) is 5.56 Å². The van der Waals surface area contributed by atoms with E-state index >= 15 is 0 Å². The molecule has 0 fully saturated rings. The molecule has 15 heavy (non-hydrogen) atoms. The topological polar surface area (TPSA) is 41.6 Å². The van der Waals surface area contributed by atoms with Crippen molar-refractivity contribution in [1.82, 2.24) is 4.90 Å². The molecule has 2 N–H and O–H groups in total. The smallest absolute Gasteiger partial charge is 0.103 e. The van der Waals surface area contributed by atoms with E-state index in [4.69, 9.17) is 5.73 Å². The average Bonchev–Trinajstić information content (AvgIpc) is 2.68. The Morgan fingerprint density at radius 3 is 2.80 bits per heavy atom. The van der Waals surface area contributed by atoms with Crippen molar-refractivity contribution in [3.05, 3.63) is 35.9 Å². The fraction of sp³-hybridized carbons (Fsp3) is 0.417. The lowest BCUT2D eigenvalue weighted by molar-refractivity contribution is 0.462. The second-order valence-electron chi connectivity index (χ2n) is 3.74. The average molecular weight is 203 g/mol. The summed E-state index contributed by atoms with van der Waals surface area (Å²) in [5.74, 6) is 1.19. The van der Waals surface area contributed by atoms with Crippen molar-refractivity contribution in [2.45, 2.75) is 6.42 Å².